The normalized spacial score (nSPS) is 9.76. The predicted molar refractivity (Wildman–Crippen MR) is 59.8 cm³/mol. The van der Waals surface area contributed by atoms with Gasteiger partial charge in [0.25, 0.3) is 0 Å². The summed E-state index contributed by atoms with van der Waals surface area (Å²) in [7, 11) is 2.54. The summed E-state index contributed by atoms with van der Waals surface area (Å²) in [6.07, 6.45) is -0.118. The lowest BCUT2D eigenvalue weighted by atomic mass is 10.1. The molecule has 0 radical (unpaired) electrons. The Labute approximate surface area is 97.3 Å². The number of esters is 1. The van der Waals surface area contributed by atoms with Crippen molar-refractivity contribution in [2.75, 3.05) is 20.0 Å². The Hall–Kier alpha value is -2.31. The molecular weight excluding hydrogens is 228 g/mol. The van der Waals surface area contributed by atoms with Gasteiger partial charge in [0.1, 0.15) is 0 Å². The van der Waals surface area contributed by atoms with E-state index in [1.165, 1.54) is 26.4 Å². The lowest BCUT2D eigenvalue weighted by Gasteiger charge is -2.07. The quantitative estimate of drug-likeness (QED) is 0.363. The second-order valence-corrected chi connectivity index (χ2v) is 3.23. The van der Waals surface area contributed by atoms with Gasteiger partial charge in [-0.05, 0) is 5.56 Å². The van der Waals surface area contributed by atoms with Crippen LogP contribution in [0.25, 0.3) is 0 Å². The van der Waals surface area contributed by atoms with Crippen LogP contribution in [0.3, 0.4) is 0 Å². The number of hydrogen-bond donors (Lipinski definition) is 1. The molecule has 1 aromatic carbocycles. The number of nitrogens with two attached hydrogens (primary N) is 1. The summed E-state index contributed by atoms with van der Waals surface area (Å²) in [5, 5.41) is 10.8. The zero-order valence-electron chi connectivity index (χ0n) is 9.43. The first-order valence-corrected chi connectivity index (χ1v) is 4.67. The van der Waals surface area contributed by atoms with Crippen molar-refractivity contribution in [3.05, 3.63) is 27.8 Å². The highest BCUT2D eigenvalue weighted by Gasteiger charge is 2.19. The molecule has 0 fully saturated rings. The molecule has 0 bridgehead atoms. The lowest BCUT2D eigenvalue weighted by Crippen LogP contribution is -2.08. The minimum atomic E-state index is -0.598. The Balaban J connectivity index is 3.19. The summed E-state index contributed by atoms with van der Waals surface area (Å²) in [4.78, 5) is 21.3. The third-order valence-corrected chi connectivity index (χ3v) is 2.20. The van der Waals surface area contributed by atoms with E-state index in [0.29, 0.717) is 5.56 Å². The van der Waals surface area contributed by atoms with Crippen molar-refractivity contribution >= 4 is 17.3 Å². The van der Waals surface area contributed by atoms with E-state index >= 15 is 0 Å². The summed E-state index contributed by atoms with van der Waals surface area (Å²) < 4.78 is 9.31. The number of benzene rings is 1. The van der Waals surface area contributed by atoms with E-state index in [2.05, 4.69) is 4.74 Å². The highest BCUT2D eigenvalue weighted by molar-refractivity contribution is 5.76. The van der Waals surface area contributed by atoms with E-state index in [1.54, 1.807) is 0 Å². The Bertz CT molecular complexity index is 458. The number of carbonyl (C=O) groups excluding carboxylic acids is 1. The van der Waals surface area contributed by atoms with E-state index in [0.717, 1.165) is 0 Å². The van der Waals surface area contributed by atoms with Gasteiger partial charge in [-0.25, -0.2) is 0 Å². The van der Waals surface area contributed by atoms with Gasteiger partial charge in [0.05, 0.1) is 25.6 Å². The number of rotatable bonds is 4. The number of ether oxygens (including phenoxy) is 2. The fourth-order valence-electron chi connectivity index (χ4n) is 1.31. The van der Waals surface area contributed by atoms with Crippen LogP contribution in [0.15, 0.2) is 12.1 Å². The Morgan fingerprint density at radius 3 is 2.59 bits per heavy atom. The molecule has 2 N–H and O–H groups in total. The first-order chi connectivity index (χ1) is 7.99. The topological polar surface area (TPSA) is 105 Å². The van der Waals surface area contributed by atoms with Crippen molar-refractivity contribution in [1.29, 1.82) is 0 Å². The molecule has 0 saturated carbocycles. The molecule has 0 saturated heterocycles. The maximum atomic E-state index is 11.1. The van der Waals surface area contributed by atoms with Crippen molar-refractivity contribution in [2.45, 2.75) is 6.42 Å². The third-order valence-electron chi connectivity index (χ3n) is 2.20. The van der Waals surface area contributed by atoms with Gasteiger partial charge >= 0.3 is 11.7 Å². The average molecular weight is 240 g/mol. The van der Waals surface area contributed by atoms with Crippen LogP contribution in [0.1, 0.15) is 5.56 Å². The van der Waals surface area contributed by atoms with Gasteiger partial charge in [-0.2, -0.15) is 0 Å². The van der Waals surface area contributed by atoms with Crippen LogP contribution >= 0.6 is 0 Å². The fraction of sp³-hybridized carbons (Fsp3) is 0.300. The second kappa shape index (κ2) is 5.15. The predicted octanol–water partition coefficient (Wildman–Crippen LogP) is 0.901. The van der Waals surface area contributed by atoms with Gasteiger partial charge in [0, 0.05) is 17.8 Å². The summed E-state index contributed by atoms with van der Waals surface area (Å²) in [5.74, 6) is -0.461. The molecule has 0 amide bonds. The van der Waals surface area contributed by atoms with Crippen molar-refractivity contribution < 1.29 is 19.2 Å². The Kier molecular flexibility index (Phi) is 3.86. The maximum Gasteiger partial charge on any atom is 0.311 e. The van der Waals surface area contributed by atoms with Gasteiger partial charge in [-0.1, -0.05) is 0 Å². The lowest BCUT2D eigenvalue weighted by molar-refractivity contribution is -0.385. The highest BCUT2D eigenvalue weighted by Crippen LogP contribution is 2.31. The number of carbonyl (C=O) groups is 1. The monoisotopic (exact) mass is 240 g/mol. The molecule has 0 atom stereocenters. The molecule has 1 rings (SSSR count). The highest BCUT2D eigenvalue weighted by atomic mass is 16.6. The van der Waals surface area contributed by atoms with Gasteiger partial charge in [0.15, 0.2) is 5.75 Å². The number of nitrogen functional groups attached to an aromatic ring is 1. The van der Waals surface area contributed by atoms with E-state index in [4.69, 9.17) is 10.5 Å². The molecule has 0 unspecified atom stereocenters. The van der Waals surface area contributed by atoms with Crippen LogP contribution in [0, 0.1) is 10.1 Å². The number of nitro benzene ring substituents is 1. The molecule has 0 aliphatic heterocycles. The van der Waals surface area contributed by atoms with Crippen molar-refractivity contribution in [3.8, 4) is 5.75 Å². The number of anilines is 1. The summed E-state index contributed by atoms with van der Waals surface area (Å²) in [6.45, 7) is 0. The smallest absolute Gasteiger partial charge is 0.311 e. The number of methoxy groups -OCH3 is 2. The minimum Gasteiger partial charge on any atom is -0.490 e. The molecule has 0 aromatic heterocycles. The first kappa shape index (κ1) is 12.8. The standard InChI is InChI=1S/C10H12N2O5/c1-16-9-5-7(11)6(4-10(13)17-2)3-8(9)12(14)15/h3,5H,4,11H2,1-2H3. The average Bonchev–Trinajstić information content (AvgIpc) is 2.30. The maximum absolute atomic E-state index is 11.1. The van der Waals surface area contributed by atoms with Crippen molar-refractivity contribution in [2.24, 2.45) is 0 Å². The molecule has 0 aliphatic carbocycles. The fourth-order valence-corrected chi connectivity index (χ4v) is 1.31. The Morgan fingerprint density at radius 2 is 2.12 bits per heavy atom. The number of nitrogens with zero attached hydrogens (tertiary/aromatic N) is 1. The first-order valence-electron chi connectivity index (χ1n) is 4.67. The molecule has 0 heterocycles. The second-order valence-electron chi connectivity index (χ2n) is 3.23. The van der Waals surface area contributed by atoms with Crippen LogP contribution < -0.4 is 10.5 Å². The molecule has 92 valence electrons. The largest absolute Gasteiger partial charge is 0.490 e. The number of nitro groups is 1. The SMILES string of the molecule is COC(=O)Cc1cc([N+](=O)[O-])c(OC)cc1N. The molecular formula is C10H12N2O5. The van der Waals surface area contributed by atoms with Crippen LogP contribution in [-0.2, 0) is 16.0 Å². The van der Waals surface area contributed by atoms with Crippen molar-refractivity contribution in [1.82, 2.24) is 0 Å². The zero-order chi connectivity index (χ0) is 13.0. The summed E-state index contributed by atoms with van der Waals surface area (Å²) in [5.41, 5.74) is 6.01. The van der Waals surface area contributed by atoms with Crippen molar-refractivity contribution in [3.63, 3.8) is 0 Å². The van der Waals surface area contributed by atoms with Gasteiger partial charge in [-0.15, -0.1) is 0 Å². The Morgan fingerprint density at radius 1 is 1.47 bits per heavy atom. The molecule has 1 aromatic rings. The molecule has 7 heteroatoms. The van der Waals surface area contributed by atoms with E-state index in [-0.39, 0.29) is 23.5 Å². The van der Waals surface area contributed by atoms with Gasteiger partial charge < -0.3 is 15.2 Å². The van der Waals surface area contributed by atoms with Crippen LogP contribution in [0.5, 0.6) is 5.75 Å². The molecule has 0 spiro atoms. The van der Waals surface area contributed by atoms with E-state index in [1.807, 2.05) is 0 Å². The third kappa shape index (κ3) is 2.83. The van der Waals surface area contributed by atoms with E-state index < -0.39 is 10.9 Å². The number of hydrogen-bond acceptors (Lipinski definition) is 6. The zero-order valence-corrected chi connectivity index (χ0v) is 9.43. The van der Waals surface area contributed by atoms with Gasteiger partial charge in [0.2, 0.25) is 0 Å². The molecule has 0 aliphatic rings. The van der Waals surface area contributed by atoms with Crippen LogP contribution in [0.4, 0.5) is 11.4 Å². The summed E-state index contributed by atoms with van der Waals surface area (Å²) >= 11 is 0. The molecule has 17 heavy (non-hydrogen) atoms. The molecule has 7 nitrogen and oxygen atoms in total. The van der Waals surface area contributed by atoms with E-state index in [9.17, 15) is 14.9 Å². The van der Waals surface area contributed by atoms with Gasteiger partial charge in [-0.3, -0.25) is 14.9 Å². The van der Waals surface area contributed by atoms with Crippen LogP contribution in [-0.4, -0.2) is 25.1 Å². The van der Waals surface area contributed by atoms with Crippen LogP contribution in [0.2, 0.25) is 0 Å². The minimum absolute atomic E-state index is 0.0566. The summed E-state index contributed by atoms with van der Waals surface area (Å²) in [6, 6.07) is 2.53.